The van der Waals surface area contributed by atoms with Gasteiger partial charge in [0.2, 0.25) is 0 Å². The number of halogens is 1. The number of hydrogen-bond donors (Lipinski definition) is 0. The summed E-state index contributed by atoms with van der Waals surface area (Å²) < 4.78 is 35.5. The van der Waals surface area contributed by atoms with E-state index < -0.39 is 16.0 Å². The molecule has 1 heterocycles. The highest BCUT2D eigenvalue weighted by atomic mass is 35.5. The van der Waals surface area contributed by atoms with Crippen molar-refractivity contribution in [1.82, 2.24) is 14.6 Å². The van der Waals surface area contributed by atoms with E-state index in [0.717, 1.165) is 6.07 Å². The minimum atomic E-state index is -4.03. The fourth-order valence-corrected chi connectivity index (χ4v) is 3.37. The molecule has 0 N–H and O–H groups in total. The van der Waals surface area contributed by atoms with Crippen molar-refractivity contribution in [1.29, 1.82) is 0 Å². The first-order valence-electron chi connectivity index (χ1n) is 7.79. The second-order valence-corrected chi connectivity index (χ2v) is 8.89. The molecule has 0 unspecified atom stereocenters. The second kappa shape index (κ2) is 7.93. The van der Waals surface area contributed by atoms with Crippen molar-refractivity contribution in [2.45, 2.75) is 37.7 Å². The number of hydroxylamine groups is 1. The lowest BCUT2D eigenvalue weighted by Crippen LogP contribution is -2.26. The Hall–Kier alpha value is -2.01. The van der Waals surface area contributed by atoms with Crippen LogP contribution in [-0.4, -0.2) is 43.2 Å². The molecule has 0 aliphatic rings. The Balaban J connectivity index is 2.18. The molecule has 0 bridgehead atoms. The molecule has 1 aromatic heterocycles. The molecule has 0 fully saturated rings. The lowest BCUT2D eigenvalue weighted by Gasteiger charge is -2.15. The van der Waals surface area contributed by atoms with Crippen molar-refractivity contribution < 1.29 is 27.3 Å². The van der Waals surface area contributed by atoms with Gasteiger partial charge in [0.25, 0.3) is 15.9 Å². The maximum absolute atomic E-state index is 12.4. The molecule has 0 aliphatic carbocycles. The molecule has 0 saturated carbocycles. The number of carbonyl (C=O) groups excluding carboxylic acids is 1. The van der Waals surface area contributed by atoms with Crippen LogP contribution in [0, 0.1) is 0 Å². The fourth-order valence-electron chi connectivity index (χ4n) is 1.89. The van der Waals surface area contributed by atoms with Gasteiger partial charge in [0.15, 0.2) is 12.4 Å². The molecule has 0 spiro atoms. The van der Waals surface area contributed by atoms with E-state index in [2.05, 4.69) is 10.1 Å². The molecule has 148 valence electrons. The topological polar surface area (TPSA) is 112 Å². The summed E-state index contributed by atoms with van der Waals surface area (Å²) in [7, 11) is -1.62. The Bertz CT molecular complexity index is 936. The van der Waals surface area contributed by atoms with Crippen LogP contribution in [0.5, 0.6) is 0 Å². The van der Waals surface area contributed by atoms with E-state index in [9.17, 15) is 13.2 Å². The summed E-state index contributed by atoms with van der Waals surface area (Å²) in [5, 5.41) is 3.78. The van der Waals surface area contributed by atoms with Crippen LogP contribution in [0.4, 0.5) is 0 Å². The minimum absolute atomic E-state index is 0.00182. The van der Waals surface area contributed by atoms with Gasteiger partial charge in [-0.15, -0.1) is 0 Å². The summed E-state index contributed by atoms with van der Waals surface area (Å²) in [6, 6.07) is 3.76. The largest absolute Gasteiger partial charge is 0.452 e. The monoisotopic (exact) mass is 417 g/mol. The maximum Gasteiger partial charge on any atom is 0.338 e. The molecule has 1 aromatic carbocycles. The molecule has 0 saturated heterocycles. The van der Waals surface area contributed by atoms with Crippen LogP contribution in [0.3, 0.4) is 0 Å². The first-order valence-corrected chi connectivity index (χ1v) is 9.61. The third-order valence-corrected chi connectivity index (χ3v) is 5.67. The Kier molecular flexibility index (Phi) is 6.25. The standard InChI is InChI=1S/C16H20ClN3O6S/c1-16(2,3)15-18-13(26-19-15)9-25-14(21)10-6-7-11(17)12(8-10)27(22,23)20(4)24-5/h6-8H,9H2,1-5H3. The van der Waals surface area contributed by atoms with E-state index in [4.69, 9.17) is 25.7 Å². The van der Waals surface area contributed by atoms with Crippen LogP contribution in [0.25, 0.3) is 0 Å². The highest BCUT2D eigenvalue weighted by Crippen LogP contribution is 2.26. The first-order chi connectivity index (χ1) is 12.5. The molecule has 27 heavy (non-hydrogen) atoms. The fraction of sp³-hybridized carbons (Fsp3) is 0.438. The van der Waals surface area contributed by atoms with Gasteiger partial charge in [0.1, 0.15) is 4.90 Å². The highest BCUT2D eigenvalue weighted by molar-refractivity contribution is 7.89. The highest BCUT2D eigenvalue weighted by Gasteiger charge is 2.26. The normalized spacial score (nSPS) is 12.4. The Morgan fingerprint density at radius 1 is 1.33 bits per heavy atom. The number of carbonyl (C=O) groups is 1. The number of rotatable bonds is 6. The van der Waals surface area contributed by atoms with Crippen molar-refractivity contribution in [2.75, 3.05) is 14.2 Å². The van der Waals surface area contributed by atoms with Crippen LogP contribution in [0.15, 0.2) is 27.6 Å². The third-order valence-electron chi connectivity index (χ3n) is 3.51. The summed E-state index contributed by atoms with van der Waals surface area (Å²) in [5.74, 6) is -0.149. The van der Waals surface area contributed by atoms with E-state index in [1.165, 1.54) is 26.3 Å². The Labute approximate surface area is 162 Å². The quantitative estimate of drug-likeness (QED) is 0.520. The molecule has 0 radical (unpaired) electrons. The molecular weight excluding hydrogens is 398 g/mol. The summed E-state index contributed by atoms with van der Waals surface area (Å²) in [4.78, 5) is 20.8. The maximum atomic E-state index is 12.4. The smallest absolute Gasteiger partial charge is 0.338 e. The number of nitrogens with zero attached hydrogens (tertiary/aromatic N) is 3. The molecule has 0 amide bonds. The molecule has 2 aromatic rings. The summed E-state index contributed by atoms with van der Waals surface area (Å²) in [6.45, 7) is 5.51. The van der Waals surface area contributed by atoms with Crippen LogP contribution in [0.2, 0.25) is 5.02 Å². The number of esters is 1. The van der Waals surface area contributed by atoms with Gasteiger partial charge in [-0.05, 0) is 18.2 Å². The average molecular weight is 418 g/mol. The van der Waals surface area contributed by atoms with Gasteiger partial charge < -0.3 is 9.26 Å². The Morgan fingerprint density at radius 2 is 2.00 bits per heavy atom. The van der Waals surface area contributed by atoms with Gasteiger partial charge in [-0.3, -0.25) is 4.84 Å². The predicted molar refractivity (Wildman–Crippen MR) is 95.5 cm³/mol. The van der Waals surface area contributed by atoms with Crippen molar-refractivity contribution >= 4 is 27.6 Å². The van der Waals surface area contributed by atoms with Crippen LogP contribution >= 0.6 is 11.6 Å². The SMILES string of the molecule is CON(C)S(=O)(=O)c1cc(C(=O)OCc2nc(C(C)(C)C)no2)ccc1Cl. The van der Waals surface area contributed by atoms with E-state index in [1.54, 1.807) is 0 Å². The third kappa shape index (κ3) is 4.83. The summed E-state index contributed by atoms with van der Waals surface area (Å²) in [6.07, 6.45) is 0. The Morgan fingerprint density at radius 3 is 2.56 bits per heavy atom. The minimum Gasteiger partial charge on any atom is -0.452 e. The van der Waals surface area contributed by atoms with Gasteiger partial charge in [-0.1, -0.05) is 42.0 Å². The predicted octanol–water partition coefficient (Wildman–Crippen LogP) is 2.56. The van der Waals surface area contributed by atoms with Crippen LogP contribution < -0.4 is 0 Å². The van der Waals surface area contributed by atoms with E-state index >= 15 is 0 Å². The van der Waals surface area contributed by atoms with Gasteiger partial charge in [0, 0.05) is 12.5 Å². The zero-order chi connectivity index (χ0) is 20.4. The van der Waals surface area contributed by atoms with E-state index in [1.807, 2.05) is 20.8 Å². The summed E-state index contributed by atoms with van der Waals surface area (Å²) in [5.41, 5.74) is -0.309. The second-order valence-electron chi connectivity index (χ2n) is 6.58. The van der Waals surface area contributed by atoms with Crippen LogP contribution in [-0.2, 0) is 31.6 Å². The van der Waals surface area contributed by atoms with Gasteiger partial charge in [-0.25, -0.2) is 13.2 Å². The van der Waals surface area contributed by atoms with Gasteiger partial charge >= 0.3 is 5.97 Å². The average Bonchev–Trinajstić information content (AvgIpc) is 3.08. The van der Waals surface area contributed by atoms with Crippen molar-refractivity contribution in [2.24, 2.45) is 0 Å². The first kappa shape index (κ1) is 21.3. The lowest BCUT2D eigenvalue weighted by molar-refractivity contribution is -0.0258. The van der Waals surface area contributed by atoms with Crippen molar-refractivity contribution in [3.8, 4) is 0 Å². The lowest BCUT2D eigenvalue weighted by atomic mass is 9.96. The van der Waals surface area contributed by atoms with E-state index in [-0.39, 0.29) is 33.4 Å². The molecule has 2 rings (SSSR count). The molecule has 9 nitrogen and oxygen atoms in total. The van der Waals surface area contributed by atoms with Gasteiger partial charge in [0.05, 0.1) is 17.7 Å². The molecular formula is C16H20ClN3O6S. The molecule has 11 heteroatoms. The number of ether oxygens (including phenoxy) is 1. The van der Waals surface area contributed by atoms with Crippen molar-refractivity contribution in [3.63, 3.8) is 0 Å². The number of hydrogen-bond acceptors (Lipinski definition) is 8. The summed E-state index contributed by atoms with van der Waals surface area (Å²) >= 11 is 5.96. The van der Waals surface area contributed by atoms with Crippen LogP contribution in [0.1, 0.15) is 42.8 Å². The zero-order valence-electron chi connectivity index (χ0n) is 15.5. The molecule has 0 atom stereocenters. The van der Waals surface area contributed by atoms with Crippen molar-refractivity contribution in [3.05, 3.63) is 40.5 Å². The number of benzene rings is 1. The zero-order valence-corrected chi connectivity index (χ0v) is 17.1. The van der Waals surface area contributed by atoms with E-state index in [0.29, 0.717) is 10.3 Å². The van der Waals surface area contributed by atoms with Gasteiger partial charge in [-0.2, -0.15) is 4.98 Å². The number of sulfonamides is 1. The molecule has 0 aliphatic heterocycles. The number of aromatic nitrogens is 2.